The molecule has 0 aliphatic carbocycles. The average molecular weight is 187 g/mol. The highest BCUT2D eigenvalue weighted by molar-refractivity contribution is 5.79. The molecule has 0 atom stereocenters. The molecule has 0 radical (unpaired) electrons. The Balaban J connectivity index is 0. The summed E-state index contributed by atoms with van der Waals surface area (Å²) in [5.41, 5.74) is 3.81. The number of rotatable bonds is 2. The molecule has 0 saturated heterocycles. The van der Waals surface area contributed by atoms with Gasteiger partial charge in [-0.3, -0.25) is 4.79 Å². The molecule has 6 heteroatoms. The van der Waals surface area contributed by atoms with Crippen molar-refractivity contribution in [1.29, 1.82) is 0 Å². The van der Waals surface area contributed by atoms with Gasteiger partial charge in [0.1, 0.15) is 0 Å². The van der Waals surface area contributed by atoms with Gasteiger partial charge in [0.25, 0.3) is 0 Å². The fourth-order valence-corrected chi connectivity index (χ4v) is 0.158. The summed E-state index contributed by atoms with van der Waals surface area (Å²) in [4.78, 5) is 9.12. The number of alkyl halides is 3. The lowest BCUT2D eigenvalue weighted by molar-refractivity contribution is -0.169. The summed E-state index contributed by atoms with van der Waals surface area (Å²) in [6.45, 7) is 2.40. The molecule has 0 fully saturated rings. The van der Waals surface area contributed by atoms with Crippen LogP contribution in [0.15, 0.2) is 0 Å². The molecular weight excluding hydrogens is 175 g/mol. The third kappa shape index (κ3) is 12.0. The number of primary amides is 1. The van der Waals surface area contributed by atoms with Crippen molar-refractivity contribution in [3.63, 3.8) is 0 Å². The molecule has 0 aromatic heterocycles. The summed E-state index contributed by atoms with van der Waals surface area (Å²) in [6.07, 6.45) is -2.82. The number of aliphatic hydroxyl groups excluding tert-OH is 1. The number of carbonyl (C=O) groups excluding carboxylic acids is 1. The molecule has 0 aliphatic rings. The Labute approximate surface area is 68.4 Å². The molecule has 0 aliphatic heterocycles. The minimum absolute atomic E-state index is 0.344. The van der Waals surface area contributed by atoms with Gasteiger partial charge in [0.15, 0.2) is 0 Å². The number of hydrogen-bond acceptors (Lipinski definition) is 2. The van der Waals surface area contributed by atoms with Crippen LogP contribution in [-0.4, -0.2) is 23.8 Å². The molecule has 0 rings (SSSR count). The molecule has 12 heavy (non-hydrogen) atoms. The number of halogens is 3. The molecule has 3 nitrogen and oxygen atoms in total. The average Bonchev–Trinajstić information content (AvgIpc) is 1.88. The van der Waals surface area contributed by atoms with Gasteiger partial charge in [-0.2, -0.15) is 13.2 Å². The van der Waals surface area contributed by atoms with Crippen molar-refractivity contribution in [3.8, 4) is 0 Å². The monoisotopic (exact) mass is 187 g/mol. The van der Waals surface area contributed by atoms with E-state index < -0.39 is 12.1 Å². The maximum Gasteiger partial charge on any atom is 0.470 e. The molecular formula is C6H12F3NO2. The van der Waals surface area contributed by atoms with Gasteiger partial charge in [-0.1, -0.05) is 13.3 Å². The summed E-state index contributed by atoms with van der Waals surface area (Å²) in [5, 5.41) is 8.07. The molecule has 0 aromatic rings. The van der Waals surface area contributed by atoms with Crippen LogP contribution in [0.4, 0.5) is 13.2 Å². The van der Waals surface area contributed by atoms with E-state index in [4.69, 9.17) is 9.90 Å². The first-order chi connectivity index (χ1) is 5.36. The largest absolute Gasteiger partial charge is 0.470 e. The highest BCUT2D eigenvalue weighted by atomic mass is 19.4. The summed E-state index contributed by atoms with van der Waals surface area (Å²) in [5.74, 6) is -2.26. The first kappa shape index (κ1) is 13.8. The molecule has 3 N–H and O–H groups in total. The second-order valence-corrected chi connectivity index (χ2v) is 1.94. The van der Waals surface area contributed by atoms with Crippen LogP contribution >= 0.6 is 0 Å². The summed E-state index contributed by atoms with van der Waals surface area (Å²) >= 11 is 0. The number of hydrogen-bond donors (Lipinski definition) is 2. The van der Waals surface area contributed by atoms with Crippen molar-refractivity contribution in [2.75, 3.05) is 6.61 Å². The maximum atomic E-state index is 10.7. The fourth-order valence-electron chi connectivity index (χ4n) is 0.158. The Morgan fingerprint density at radius 1 is 1.50 bits per heavy atom. The Hall–Kier alpha value is -0.780. The zero-order valence-corrected chi connectivity index (χ0v) is 6.69. The van der Waals surface area contributed by atoms with Crippen molar-refractivity contribution < 1.29 is 23.1 Å². The van der Waals surface area contributed by atoms with Gasteiger partial charge in [-0.25, -0.2) is 0 Å². The van der Waals surface area contributed by atoms with Gasteiger partial charge in [-0.05, 0) is 6.42 Å². The molecule has 0 heterocycles. The van der Waals surface area contributed by atoms with Gasteiger partial charge in [0, 0.05) is 6.61 Å². The Kier molecular flexibility index (Phi) is 7.93. The summed E-state index contributed by atoms with van der Waals surface area (Å²) in [6, 6.07) is 0. The van der Waals surface area contributed by atoms with Crippen LogP contribution in [-0.2, 0) is 4.79 Å². The van der Waals surface area contributed by atoms with Crippen LogP contribution in [0, 0.1) is 0 Å². The topological polar surface area (TPSA) is 63.3 Å². The normalized spacial score (nSPS) is 10.1. The molecule has 1 amide bonds. The van der Waals surface area contributed by atoms with Gasteiger partial charge in [-0.15, -0.1) is 0 Å². The first-order valence-electron chi connectivity index (χ1n) is 3.33. The summed E-state index contributed by atoms with van der Waals surface area (Å²) < 4.78 is 32.1. The number of nitrogens with two attached hydrogens (primary N) is 1. The van der Waals surface area contributed by atoms with Gasteiger partial charge in [0.05, 0.1) is 0 Å². The van der Waals surface area contributed by atoms with E-state index in [-0.39, 0.29) is 0 Å². The van der Waals surface area contributed by atoms with E-state index >= 15 is 0 Å². The highest BCUT2D eigenvalue weighted by Crippen LogP contribution is 2.11. The molecule has 0 bridgehead atoms. The quantitative estimate of drug-likeness (QED) is 0.672. The molecule has 0 saturated carbocycles. The van der Waals surface area contributed by atoms with Crippen LogP contribution in [0.5, 0.6) is 0 Å². The Morgan fingerprint density at radius 3 is 1.83 bits per heavy atom. The van der Waals surface area contributed by atoms with Gasteiger partial charge < -0.3 is 10.8 Å². The molecule has 0 spiro atoms. The second-order valence-electron chi connectivity index (χ2n) is 1.94. The first-order valence-corrected chi connectivity index (χ1v) is 3.33. The van der Waals surface area contributed by atoms with Gasteiger partial charge >= 0.3 is 12.1 Å². The predicted molar refractivity (Wildman–Crippen MR) is 37.2 cm³/mol. The SMILES string of the molecule is CCCCO.NC(=O)C(F)(F)F. The fraction of sp³-hybridized carbons (Fsp3) is 0.833. The lowest BCUT2D eigenvalue weighted by Gasteiger charge is -1.95. The van der Waals surface area contributed by atoms with Crippen molar-refractivity contribution >= 4 is 5.91 Å². The lowest BCUT2D eigenvalue weighted by atomic mass is 10.4. The van der Waals surface area contributed by atoms with E-state index in [0.29, 0.717) is 6.61 Å². The zero-order valence-electron chi connectivity index (χ0n) is 6.69. The number of carbonyl (C=O) groups is 1. The second kappa shape index (κ2) is 6.90. The predicted octanol–water partition coefficient (Wildman–Crippen LogP) is 0.813. The summed E-state index contributed by atoms with van der Waals surface area (Å²) in [7, 11) is 0. The Morgan fingerprint density at radius 2 is 1.83 bits per heavy atom. The van der Waals surface area contributed by atoms with E-state index in [9.17, 15) is 13.2 Å². The highest BCUT2D eigenvalue weighted by Gasteiger charge is 2.35. The van der Waals surface area contributed by atoms with Crippen LogP contribution in [0.1, 0.15) is 19.8 Å². The Bertz CT molecular complexity index is 122. The molecule has 0 unspecified atom stereocenters. The minimum atomic E-state index is -4.86. The van der Waals surface area contributed by atoms with Crippen molar-refractivity contribution in [2.45, 2.75) is 25.9 Å². The number of amides is 1. The van der Waals surface area contributed by atoms with Gasteiger partial charge in [0.2, 0.25) is 0 Å². The zero-order chi connectivity index (χ0) is 10.2. The molecule has 74 valence electrons. The maximum absolute atomic E-state index is 10.7. The van der Waals surface area contributed by atoms with Crippen LogP contribution < -0.4 is 5.73 Å². The third-order valence-electron chi connectivity index (χ3n) is 0.791. The molecule has 0 aromatic carbocycles. The minimum Gasteiger partial charge on any atom is -0.396 e. The van der Waals surface area contributed by atoms with E-state index in [2.05, 4.69) is 12.7 Å². The van der Waals surface area contributed by atoms with Crippen LogP contribution in [0.2, 0.25) is 0 Å². The van der Waals surface area contributed by atoms with E-state index in [1.54, 1.807) is 0 Å². The van der Waals surface area contributed by atoms with Crippen molar-refractivity contribution in [2.24, 2.45) is 5.73 Å². The standard InChI is InChI=1S/C4H10O.C2H2F3NO/c1-2-3-4-5;3-2(4,5)1(6)7/h5H,2-4H2,1H3;(H2,6,7). The lowest BCUT2D eigenvalue weighted by Crippen LogP contribution is -2.30. The number of unbranched alkanes of at least 4 members (excludes halogenated alkanes) is 1. The van der Waals surface area contributed by atoms with E-state index in [1.807, 2.05) is 0 Å². The van der Waals surface area contributed by atoms with E-state index in [1.165, 1.54) is 0 Å². The third-order valence-corrected chi connectivity index (χ3v) is 0.791. The smallest absolute Gasteiger partial charge is 0.396 e. The van der Waals surface area contributed by atoms with Crippen LogP contribution in [0.25, 0.3) is 0 Å². The van der Waals surface area contributed by atoms with Crippen LogP contribution in [0.3, 0.4) is 0 Å². The van der Waals surface area contributed by atoms with Crippen molar-refractivity contribution in [1.82, 2.24) is 0 Å². The number of aliphatic hydroxyl groups is 1. The van der Waals surface area contributed by atoms with Crippen molar-refractivity contribution in [3.05, 3.63) is 0 Å². The van der Waals surface area contributed by atoms with E-state index in [0.717, 1.165) is 12.8 Å².